The molecule has 3 aliphatic rings. The van der Waals surface area contributed by atoms with Gasteiger partial charge in [0, 0.05) is 12.6 Å². The highest BCUT2D eigenvalue weighted by molar-refractivity contribution is 6.12. The molecular formula is C28H28N3+. The lowest BCUT2D eigenvalue weighted by atomic mass is 9.82. The van der Waals surface area contributed by atoms with Gasteiger partial charge in [0.1, 0.15) is 5.69 Å². The average molecular weight is 407 g/mol. The smallest absolute Gasteiger partial charge is 0.287 e. The number of rotatable bonds is 1. The highest BCUT2D eigenvalue weighted by Crippen LogP contribution is 2.55. The van der Waals surface area contributed by atoms with E-state index in [2.05, 4.69) is 73.0 Å². The molecule has 7 rings (SSSR count). The Morgan fingerprint density at radius 2 is 1.90 bits per heavy atom. The third-order valence-electron chi connectivity index (χ3n) is 8.49. The molecule has 0 radical (unpaired) electrons. The van der Waals surface area contributed by atoms with Crippen molar-refractivity contribution in [3.05, 3.63) is 59.9 Å². The minimum Gasteiger partial charge on any atom is -0.343 e. The van der Waals surface area contributed by atoms with E-state index < -0.39 is 0 Å². The van der Waals surface area contributed by atoms with Gasteiger partial charge in [0.05, 0.1) is 23.8 Å². The van der Waals surface area contributed by atoms with Crippen molar-refractivity contribution in [2.45, 2.75) is 38.5 Å². The number of anilines is 2. The molecule has 3 nitrogen and oxygen atoms in total. The predicted molar refractivity (Wildman–Crippen MR) is 127 cm³/mol. The Hall–Kier alpha value is -2.94. The quantitative estimate of drug-likeness (QED) is 0.352. The van der Waals surface area contributed by atoms with Crippen LogP contribution in [-0.4, -0.2) is 12.0 Å². The molecule has 31 heavy (non-hydrogen) atoms. The molecule has 2 heterocycles. The standard InChI is InChI=1S/C28H28N3/c1-16-21-7-5-4-6-18(21)13-24-26(16)28-27-23(29-15-30(28)2)12-20(14-25(27)31(24)3)22-11-17-8-9-19(22)10-17/h4-7,12-15,17,19,22H,8-11H2,1-3H3/q+1. The molecule has 0 amide bonds. The van der Waals surface area contributed by atoms with Crippen molar-refractivity contribution in [1.29, 1.82) is 0 Å². The Kier molecular flexibility index (Phi) is 3.46. The summed E-state index contributed by atoms with van der Waals surface area (Å²) in [5.41, 5.74) is 9.27. The maximum atomic E-state index is 4.91. The fourth-order valence-corrected chi connectivity index (χ4v) is 7.00. The second-order valence-corrected chi connectivity index (χ2v) is 10.1. The summed E-state index contributed by atoms with van der Waals surface area (Å²) >= 11 is 0. The molecule has 2 fully saturated rings. The fourth-order valence-electron chi connectivity index (χ4n) is 7.00. The number of benzene rings is 3. The summed E-state index contributed by atoms with van der Waals surface area (Å²) in [5, 5.41) is 3.94. The van der Waals surface area contributed by atoms with Gasteiger partial charge in [-0.2, -0.15) is 0 Å². The number of aryl methyl sites for hydroxylation is 2. The van der Waals surface area contributed by atoms with Crippen LogP contribution < -0.4 is 9.47 Å². The molecule has 3 heteroatoms. The molecule has 0 saturated heterocycles. The first-order valence-electron chi connectivity index (χ1n) is 11.7. The summed E-state index contributed by atoms with van der Waals surface area (Å²) in [5.74, 6) is 2.54. The molecule has 0 spiro atoms. The summed E-state index contributed by atoms with van der Waals surface area (Å²) in [6.45, 7) is 2.27. The third kappa shape index (κ3) is 2.29. The van der Waals surface area contributed by atoms with Gasteiger partial charge in [-0.3, -0.25) is 0 Å². The van der Waals surface area contributed by atoms with Crippen molar-refractivity contribution >= 4 is 33.1 Å². The molecule has 3 aromatic carbocycles. The third-order valence-corrected chi connectivity index (χ3v) is 8.49. The van der Waals surface area contributed by atoms with E-state index in [-0.39, 0.29) is 0 Å². The second kappa shape index (κ2) is 6.06. The zero-order valence-electron chi connectivity index (χ0n) is 18.5. The molecule has 2 saturated carbocycles. The first-order chi connectivity index (χ1) is 15.1. The van der Waals surface area contributed by atoms with Crippen molar-refractivity contribution in [1.82, 2.24) is 4.98 Å². The molecule has 1 aromatic heterocycles. The van der Waals surface area contributed by atoms with Crippen LogP contribution in [0.15, 0.2) is 48.8 Å². The van der Waals surface area contributed by atoms with Crippen LogP contribution in [0.3, 0.4) is 0 Å². The van der Waals surface area contributed by atoms with Crippen LogP contribution >= 0.6 is 0 Å². The molecular weight excluding hydrogens is 378 g/mol. The van der Waals surface area contributed by atoms with Crippen LogP contribution in [0.2, 0.25) is 0 Å². The van der Waals surface area contributed by atoms with Gasteiger partial charge in [-0.15, -0.1) is 0 Å². The normalized spacial score (nSPS) is 23.7. The van der Waals surface area contributed by atoms with Crippen LogP contribution in [0.1, 0.15) is 42.7 Å². The van der Waals surface area contributed by atoms with E-state index in [0.29, 0.717) is 5.92 Å². The van der Waals surface area contributed by atoms with E-state index in [0.717, 1.165) is 17.4 Å². The Balaban J connectivity index is 1.54. The maximum Gasteiger partial charge on any atom is 0.287 e. The molecule has 2 bridgehead atoms. The molecule has 154 valence electrons. The first kappa shape index (κ1) is 17.7. The van der Waals surface area contributed by atoms with E-state index in [1.807, 2.05) is 6.33 Å². The summed E-state index contributed by atoms with van der Waals surface area (Å²) in [6.07, 6.45) is 7.67. The molecule has 3 atom stereocenters. The Morgan fingerprint density at radius 1 is 1.03 bits per heavy atom. The van der Waals surface area contributed by atoms with Gasteiger partial charge >= 0.3 is 0 Å². The summed E-state index contributed by atoms with van der Waals surface area (Å²) in [7, 11) is 4.38. The monoisotopic (exact) mass is 406 g/mol. The molecule has 1 aliphatic heterocycles. The van der Waals surface area contributed by atoms with Crippen molar-refractivity contribution in [3.8, 4) is 11.3 Å². The fraction of sp³-hybridized carbons (Fsp3) is 0.357. The van der Waals surface area contributed by atoms with E-state index in [9.17, 15) is 0 Å². The number of fused-ring (bicyclic) bond motifs is 5. The SMILES string of the molecule is Cc1c2c(cc3ccccc13)N(C)c1cc(C3CC4CCC3C4)cc3nc[n+](C)c-2c13. The Labute approximate surface area is 183 Å². The maximum absolute atomic E-state index is 4.91. The zero-order valence-corrected chi connectivity index (χ0v) is 18.5. The zero-order chi connectivity index (χ0) is 20.9. The van der Waals surface area contributed by atoms with Gasteiger partial charge in [-0.25, -0.2) is 4.57 Å². The highest BCUT2D eigenvalue weighted by atomic mass is 15.1. The van der Waals surface area contributed by atoms with Gasteiger partial charge < -0.3 is 4.90 Å². The van der Waals surface area contributed by atoms with Gasteiger partial charge in [0.2, 0.25) is 0 Å². The lowest BCUT2D eigenvalue weighted by Crippen LogP contribution is -2.34. The van der Waals surface area contributed by atoms with Gasteiger partial charge in [0.15, 0.2) is 5.52 Å². The summed E-state index contributed by atoms with van der Waals surface area (Å²) in [4.78, 5) is 7.33. The Bertz CT molecular complexity index is 1400. The topological polar surface area (TPSA) is 20.0 Å². The van der Waals surface area contributed by atoms with E-state index >= 15 is 0 Å². The number of nitrogens with zero attached hydrogens (tertiary/aromatic N) is 3. The van der Waals surface area contributed by atoms with Crippen LogP contribution in [0.5, 0.6) is 0 Å². The highest BCUT2D eigenvalue weighted by Gasteiger charge is 2.41. The number of hydrogen-bond acceptors (Lipinski definition) is 2. The number of hydrogen-bond donors (Lipinski definition) is 0. The van der Waals surface area contributed by atoms with Gasteiger partial charge in [-0.1, -0.05) is 30.7 Å². The van der Waals surface area contributed by atoms with Crippen molar-refractivity contribution in [2.24, 2.45) is 18.9 Å². The van der Waals surface area contributed by atoms with Crippen LogP contribution in [0.25, 0.3) is 32.9 Å². The average Bonchev–Trinajstić information content (AvgIpc) is 3.42. The molecule has 4 aromatic rings. The minimum atomic E-state index is 0.715. The summed E-state index contributed by atoms with van der Waals surface area (Å²) < 4.78 is 2.22. The molecule has 0 N–H and O–H groups in total. The van der Waals surface area contributed by atoms with Crippen molar-refractivity contribution < 1.29 is 4.57 Å². The Morgan fingerprint density at radius 3 is 2.71 bits per heavy atom. The van der Waals surface area contributed by atoms with Gasteiger partial charge in [-0.05, 0) is 89.0 Å². The first-order valence-corrected chi connectivity index (χ1v) is 11.7. The lowest BCUT2D eigenvalue weighted by Gasteiger charge is -2.32. The van der Waals surface area contributed by atoms with E-state index in [1.54, 1.807) is 0 Å². The van der Waals surface area contributed by atoms with Crippen molar-refractivity contribution in [3.63, 3.8) is 0 Å². The molecule has 2 aliphatic carbocycles. The van der Waals surface area contributed by atoms with Gasteiger partial charge in [0.25, 0.3) is 6.33 Å². The largest absolute Gasteiger partial charge is 0.343 e. The number of aromatic nitrogens is 2. The second-order valence-electron chi connectivity index (χ2n) is 10.1. The van der Waals surface area contributed by atoms with E-state index in [4.69, 9.17) is 4.98 Å². The molecule has 3 unspecified atom stereocenters. The van der Waals surface area contributed by atoms with Crippen LogP contribution in [0, 0.1) is 18.8 Å². The lowest BCUT2D eigenvalue weighted by molar-refractivity contribution is -0.662. The summed E-state index contributed by atoms with van der Waals surface area (Å²) in [6, 6.07) is 16.0. The van der Waals surface area contributed by atoms with Crippen molar-refractivity contribution in [2.75, 3.05) is 11.9 Å². The van der Waals surface area contributed by atoms with E-state index in [1.165, 1.54) is 75.6 Å². The minimum absolute atomic E-state index is 0.715. The van der Waals surface area contributed by atoms with Crippen LogP contribution in [0.4, 0.5) is 11.4 Å². The predicted octanol–water partition coefficient (Wildman–Crippen LogP) is 6.17. The van der Waals surface area contributed by atoms with Crippen LogP contribution in [-0.2, 0) is 7.05 Å².